The van der Waals surface area contributed by atoms with Gasteiger partial charge in [-0.25, -0.2) is 9.97 Å². The van der Waals surface area contributed by atoms with Gasteiger partial charge in [0.15, 0.2) is 0 Å². The number of carbonyl (C=O) groups excluding carboxylic acids is 1. The number of hydrogen-bond acceptors (Lipinski definition) is 6. The van der Waals surface area contributed by atoms with Crippen molar-refractivity contribution in [3.05, 3.63) is 41.0 Å². The first-order chi connectivity index (χ1) is 13.5. The van der Waals surface area contributed by atoms with E-state index in [1.165, 1.54) is 34.0 Å². The van der Waals surface area contributed by atoms with E-state index in [1.54, 1.807) is 17.7 Å². The summed E-state index contributed by atoms with van der Waals surface area (Å²) in [4.78, 5) is 25.9. The van der Waals surface area contributed by atoms with E-state index in [0.717, 1.165) is 40.0 Å². The second kappa shape index (κ2) is 8.09. The molecule has 0 spiro atoms. The summed E-state index contributed by atoms with van der Waals surface area (Å²) >= 11 is 3.29. The van der Waals surface area contributed by atoms with Crippen molar-refractivity contribution in [2.75, 3.05) is 30.1 Å². The Labute approximate surface area is 173 Å². The number of nitrogens with zero attached hydrogens (tertiary/aromatic N) is 3. The number of anilines is 2. The quantitative estimate of drug-likeness (QED) is 0.490. The van der Waals surface area contributed by atoms with Crippen molar-refractivity contribution in [1.82, 2.24) is 9.97 Å². The highest BCUT2D eigenvalue weighted by atomic mass is 32.2. The Morgan fingerprint density at radius 3 is 2.82 bits per heavy atom. The largest absolute Gasteiger partial charge is 0.378 e. The molecule has 7 heteroatoms. The standard InChI is InChI=1S/C21H24N4OS2/c1-13-4-9-16-17(10-13)28-21-19(16)20(22-12-23-21)27-11-18(26)24-14-5-7-15(8-6-14)25(2)3/h5-8,12-13H,4,9-11H2,1-3H3,(H,24,26)/t13-/m0/s1. The fourth-order valence-corrected chi connectivity index (χ4v) is 5.77. The van der Waals surface area contributed by atoms with Gasteiger partial charge in [0.05, 0.1) is 5.75 Å². The molecule has 1 atom stereocenters. The molecular weight excluding hydrogens is 388 g/mol. The summed E-state index contributed by atoms with van der Waals surface area (Å²) in [6.45, 7) is 2.31. The number of benzene rings is 1. The van der Waals surface area contributed by atoms with E-state index >= 15 is 0 Å². The fraction of sp³-hybridized carbons (Fsp3) is 0.381. The number of hydrogen-bond donors (Lipinski definition) is 1. The predicted molar refractivity (Wildman–Crippen MR) is 119 cm³/mol. The van der Waals surface area contributed by atoms with Crippen LogP contribution < -0.4 is 10.2 Å². The van der Waals surface area contributed by atoms with Crippen LogP contribution in [0.1, 0.15) is 23.8 Å². The van der Waals surface area contributed by atoms with Gasteiger partial charge in [-0.05, 0) is 55.0 Å². The van der Waals surface area contributed by atoms with Crippen molar-refractivity contribution in [3.8, 4) is 0 Å². The highest BCUT2D eigenvalue weighted by Gasteiger charge is 2.23. The third kappa shape index (κ3) is 4.00. The number of rotatable bonds is 5. The first kappa shape index (κ1) is 19.2. The number of aromatic nitrogens is 2. The number of amides is 1. The molecule has 0 bridgehead atoms. The lowest BCUT2D eigenvalue weighted by Gasteiger charge is -2.18. The molecule has 1 N–H and O–H groups in total. The van der Waals surface area contributed by atoms with E-state index in [1.807, 2.05) is 43.3 Å². The minimum atomic E-state index is -0.0212. The van der Waals surface area contributed by atoms with Gasteiger partial charge in [0.1, 0.15) is 16.2 Å². The van der Waals surface area contributed by atoms with E-state index in [-0.39, 0.29) is 5.91 Å². The number of nitrogens with one attached hydrogen (secondary N) is 1. The molecule has 3 aromatic rings. The zero-order valence-electron chi connectivity index (χ0n) is 16.4. The molecule has 4 rings (SSSR count). The van der Waals surface area contributed by atoms with Crippen LogP contribution in [0.4, 0.5) is 11.4 Å². The second-order valence-corrected chi connectivity index (χ2v) is 9.54. The van der Waals surface area contributed by atoms with Crippen LogP contribution in [0.5, 0.6) is 0 Å². The van der Waals surface area contributed by atoms with Crippen molar-refractivity contribution in [1.29, 1.82) is 0 Å². The summed E-state index contributed by atoms with van der Waals surface area (Å²) in [6, 6.07) is 7.85. The molecule has 28 heavy (non-hydrogen) atoms. The van der Waals surface area contributed by atoms with Crippen LogP contribution in [0.2, 0.25) is 0 Å². The molecule has 2 aromatic heterocycles. The SMILES string of the molecule is C[C@H]1CCc2c(sc3ncnc(SCC(=O)Nc4ccc(N(C)C)cc4)c23)C1. The molecular formula is C21H24N4OS2. The zero-order valence-corrected chi connectivity index (χ0v) is 18.0. The average molecular weight is 413 g/mol. The fourth-order valence-electron chi connectivity index (χ4n) is 3.53. The minimum Gasteiger partial charge on any atom is -0.378 e. The number of thiophene rings is 1. The molecule has 0 fully saturated rings. The van der Waals surface area contributed by atoms with Crippen LogP contribution >= 0.6 is 23.1 Å². The number of aryl methyl sites for hydroxylation is 1. The van der Waals surface area contributed by atoms with Crippen LogP contribution in [0, 0.1) is 5.92 Å². The first-order valence-electron chi connectivity index (χ1n) is 9.46. The molecule has 2 heterocycles. The Kier molecular flexibility index (Phi) is 5.55. The molecule has 0 unspecified atom stereocenters. The lowest BCUT2D eigenvalue weighted by atomic mass is 9.89. The average Bonchev–Trinajstić information content (AvgIpc) is 3.04. The summed E-state index contributed by atoms with van der Waals surface area (Å²) in [5.41, 5.74) is 3.32. The van der Waals surface area contributed by atoms with E-state index in [0.29, 0.717) is 5.75 Å². The summed E-state index contributed by atoms with van der Waals surface area (Å²) < 4.78 is 0. The molecule has 0 radical (unpaired) electrons. The van der Waals surface area contributed by atoms with E-state index < -0.39 is 0 Å². The minimum absolute atomic E-state index is 0.0212. The van der Waals surface area contributed by atoms with Crippen LogP contribution in [-0.4, -0.2) is 35.7 Å². The van der Waals surface area contributed by atoms with Gasteiger partial charge in [0, 0.05) is 35.7 Å². The van der Waals surface area contributed by atoms with E-state index in [4.69, 9.17) is 0 Å². The number of thioether (sulfide) groups is 1. The van der Waals surface area contributed by atoms with Crippen LogP contribution in [0.3, 0.4) is 0 Å². The van der Waals surface area contributed by atoms with Crippen molar-refractivity contribution in [2.24, 2.45) is 5.92 Å². The topological polar surface area (TPSA) is 58.1 Å². The smallest absolute Gasteiger partial charge is 0.234 e. The molecule has 146 valence electrons. The Bertz CT molecular complexity index is 998. The summed E-state index contributed by atoms with van der Waals surface area (Å²) in [5.74, 6) is 1.05. The highest BCUT2D eigenvalue weighted by Crippen LogP contribution is 2.40. The monoisotopic (exact) mass is 412 g/mol. The van der Waals surface area contributed by atoms with Crippen LogP contribution in [0.25, 0.3) is 10.2 Å². The van der Waals surface area contributed by atoms with Gasteiger partial charge in [-0.3, -0.25) is 4.79 Å². The van der Waals surface area contributed by atoms with Crippen LogP contribution in [0.15, 0.2) is 35.6 Å². The lowest BCUT2D eigenvalue weighted by Crippen LogP contribution is -2.14. The van der Waals surface area contributed by atoms with E-state index in [9.17, 15) is 4.79 Å². The Balaban J connectivity index is 1.46. The maximum absolute atomic E-state index is 12.4. The summed E-state index contributed by atoms with van der Waals surface area (Å²) in [5, 5.41) is 5.06. The Morgan fingerprint density at radius 1 is 1.29 bits per heavy atom. The molecule has 0 aliphatic heterocycles. The Hall–Kier alpha value is -2.12. The summed E-state index contributed by atoms with van der Waals surface area (Å²) in [7, 11) is 3.99. The summed E-state index contributed by atoms with van der Waals surface area (Å²) in [6.07, 6.45) is 5.04. The van der Waals surface area contributed by atoms with Crippen molar-refractivity contribution in [2.45, 2.75) is 31.2 Å². The molecule has 1 aliphatic rings. The normalized spacial score (nSPS) is 16.0. The van der Waals surface area contributed by atoms with Gasteiger partial charge < -0.3 is 10.2 Å². The van der Waals surface area contributed by atoms with Gasteiger partial charge >= 0.3 is 0 Å². The lowest BCUT2D eigenvalue weighted by molar-refractivity contribution is -0.113. The van der Waals surface area contributed by atoms with Crippen molar-refractivity contribution >= 4 is 50.6 Å². The van der Waals surface area contributed by atoms with Gasteiger partial charge in [0.2, 0.25) is 5.91 Å². The first-order valence-corrected chi connectivity index (χ1v) is 11.3. The van der Waals surface area contributed by atoms with Gasteiger partial charge in [-0.2, -0.15) is 0 Å². The Morgan fingerprint density at radius 2 is 2.07 bits per heavy atom. The molecule has 1 amide bonds. The van der Waals surface area contributed by atoms with Crippen LogP contribution in [-0.2, 0) is 17.6 Å². The molecule has 1 aliphatic carbocycles. The molecule has 0 saturated carbocycles. The maximum Gasteiger partial charge on any atom is 0.234 e. The third-order valence-electron chi connectivity index (χ3n) is 5.06. The number of fused-ring (bicyclic) bond motifs is 3. The van der Waals surface area contributed by atoms with Crippen molar-refractivity contribution in [3.63, 3.8) is 0 Å². The second-order valence-electron chi connectivity index (χ2n) is 7.49. The van der Waals surface area contributed by atoms with E-state index in [2.05, 4.69) is 22.2 Å². The molecule has 0 saturated heterocycles. The van der Waals surface area contributed by atoms with Crippen molar-refractivity contribution < 1.29 is 4.79 Å². The van der Waals surface area contributed by atoms with Gasteiger partial charge in [-0.15, -0.1) is 11.3 Å². The van der Waals surface area contributed by atoms with Gasteiger partial charge in [-0.1, -0.05) is 18.7 Å². The number of carbonyl (C=O) groups is 1. The highest BCUT2D eigenvalue weighted by molar-refractivity contribution is 8.00. The molecule has 1 aromatic carbocycles. The van der Waals surface area contributed by atoms with Gasteiger partial charge in [0.25, 0.3) is 0 Å². The third-order valence-corrected chi connectivity index (χ3v) is 7.22. The zero-order chi connectivity index (χ0) is 19.7. The predicted octanol–water partition coefficient (Wildman–Crippen LogP) is 4.61. The molecule has 5 nitrogen and oxygen atoms in total. The maximum atomic E-state index is 12.4.